The van der Waals surface area contributed by atoms with Gasteiger partial charge in [-0.05, 0) is 32.2 Å². The van der Waals surface area contributed by atoms with E-state index in [1.54, 1.807) is 11.3 Å². The van der Waals surface area contributed by atoms with E-state index in [-0.39, 0.29) is 0 Å². The molecule has 3 nitrogen and oxygen atoms in total. The Balaban J connectivity index is 1.77. The average Bonchev–Trinajstić information content (AvgIpc) is 2.80. The quantitative estimate of drug-likeness (QED) is 0.874. The molecule has 0 unspecified atom stereocenters. The summed E-state index contributed by atoms with van der Waals surface area (Å²) in [5.74, 6) is 0. The molecule has 1 aliphatic rings. The zero-order chi connectivity index (χ0) is 12.1. The predicted molar refractivity (Wildman–Crippen MR) is 74.9 cm³/mol. The summed E-state index contributed by atoms with van der Waals surface area (Å²) >= 11 is 1.74. The molecule has 0 spiro atoms. The number of nitrogens with zero attached hydrogens (tertiary/aromatic N) is 2. The van der Waals surface area contributed by atoms with Crippen molar-refractivity contribution < 1.29 is 0 Å². The first-order chi connectivity index (χ1) is 8.31. The van der Waals surface area contributed by atoms with Crippen molar-refractivity contribution in [3.8, 4) is 0 Å². The van der Waals surface area contributed by atoms with Crippen LogP contribution in [0.4, 0.5) is 5.13 Å². The van der Waals surface area contributed by atoms with Crippen molar-refractivity contribution in [2.45, 2.75) is 45.6 Å². The first kappa shape index (κ1) is 12.8. The molecule has 96 valence electrons. The lowest BCUT2D eigenvalue weighted by molar-refractivity contribution is 0.219. The molecule has 0 amide bonds. The van der Waals surface area contributed by atoms with Gasteiger partial charge in [-0.15, -0.1) is 11.3 Å². The number of likely N-dealkylation sites (tertiary alicyclic amines) is 1. The van der Waals surface area contributed by atoms with Gasteiger partial charge < -0.3 is 10.2 Å². The highest BCUT2D eigenvalue weighted by Gasteiger charge is 2.18. The summed E-state index contributed by atoms with van der Waals surface area (Å²) < 4.78 is 0. The van der Waals surface area contributed by atoms with Crippen LogP contribution in [0.15, 0.2) is 5.38 Å². The van der Waals surface area contributed by atoms with E-state index in [0.29, 0.717) is 6.04 Å². The molecule has 1 aromatic heterocycles. The second-order valence-corrected chi connectivity index (χ2v) is 5.62. The molecule has 17 heavy (non-hydrogen) atoms. The number of thiazole rings is 1. The minimum absolute atomic E-state index is 0.624. The number of anilines is 1. The maximum atomic E-state index is 4.57. The van der Waals surface area contributed by atoms with E-state index in [1.807, 2.05) is 0 Å². The van der Waals surface area contributed by atoms with Gasteiger partial charge in [0.1, 0.15) is 0 Å². The van der Waals surface area contributed by atoms with Crippen LogP contribution in [0.2, 0.25) is 0 Å². The molecule has 1 fully saturated rings. The summed E-state index contributed by atoms with van der Waals surface area (Å²) in [4.78, 5) is 7.14. The van der Waals surface area contributed by atoms with Gasteiger partial charge in [-0.3, -0.25) is 0 Å². The van der Waals surface area contributed by atoms with E-state index in [2.05, 4.69) is 34.4 Å². The van der Waals surface area contributed by atoms with Crippen molar-refractivity contribution >= 4 is 16.5 Å². The number of nitrogens with one attached hydrogen (secondary N) is 1. The third-order valence-electron chi connectivity index (χ3n) is 3.37. The van der Waals surface area contributed by atoms with E-state index in [0.717, 1.165) is 11.6 Å². The van der Waals surface area contributed by atoms with E-state index < -0.39 is 0 Å². The fourth-order valence-electron chi connectivity index (χ4n) is 2.33. The average molecular weight is 253 g/mol. The Kier molecular flexibility index (Phi) is 4.80. The molecule has 0 bridgehead atoms. The zero-order valence-electron chi connectivity index (χ0n) is 10.9. The van der Waals surface area contributed by atoms with Gasteiger partial charge in [0.05, 0.1) is 5.69 Å². The Labute approximate surface area is 108 Å². The van der Waals surface area contributed by atoms with Crippen LogP contribution in [0.5, 0.6) is 0 Å². The lowest BCUT2D eigenvalue weighted by Crippen LogP contribution is -2.39. The first-order valence-electron chi connectivity index (χ1n) is 6.75. The summed E-state index contributed by atoms with van der Waals surface area (Å²) in [5.41, 5.74) is 1.21. The predicted octanol–water partition coefficient (Wildman–Crippen LogP) is 2.99. The molecule has 2 heterocycles. The number of rotatable bonds is 5. The van der Waals surface area contributed by atoms with Gasteiger partial charge in [0.2, 0.25) is 0 Å². The topological polar surface area (TPSA) is 28.2 Å². The van der Waals surface area contributed by atoms with E-state index in [1.165, 1.54) is 44.6 Å². The Morgan fingerprint density at radius 3 is 2.76 bits per heavy atom. The highest BCUT2D eigenvalue weighted by molar-refractivity contribution is 7.13. The normalized spacial score (nSPS) is 18.5. The molecule has 0 aromatic carbocycles. The van der Waals surface area contributed by atoms with Gasteiger partial charge in [0, 0.05) is 24.5 Å². The molecule has 1 aliphatic heterocycles. The monoisotopic (exact) mass is 253 g/mol. The van der Waals surface area contributed by atoms with Gasteiger partial charge in [-0.2, -0.15) is 0 Å². The molecular formula is C13H23N3S. The van der Waals surface area contributed by atoms with Crippen molar-refractivity contribution in [1.29, 1.82) is 0 Å². The summed E-state index contributed by atoms with van der Waals surface area (Å²) in [6.07, 6.45) is 4.81. The number of hydrogen-bond acceptors (Lipinski definition) is 4. The highest BCUT2D eigenvalue weighted by Crippen LogP contribution is 2.20. The van der Waals surface area contributed by atoms with Gasteiger partial charge in [0.15, 0.2) is 5.13 Å². The zero-order valence-corrected chi connectivity index (χ0v) is 11.7. The fraction of sp³-hybridized carbons (Fsp3) is 0.769. The molecule has 0 saturated carbocycles. The second kappa shape index (κ2) is 6.36. The third-order valence-corrected chi connectivity index (χ3v) is 4.19. The van der Waals surface area contributed by atoms with Crippen LogP contribution in [0.25, 0.3) is 0 Å². The van der Waals surface area contributed by atoms with Crippen LogP contribution in [0.3, 0.4) is 0 Å². The van der Waals surface area contributed by atoms with Crippen molar-refractivity contribution in [2.24, 2.45) is 0 Å². The minimum Gasteiger partial charge on any atom is -0.359 e. The first-order valence-corrected chi connectivity index (χ1v) is 7.63. The third kappa shape index (κ3) is 3.68. The summed E-state index contributed by atoms with van der Waals surface area (Å²) in [5, 5.41) is 6.85. The molecular weight excluding hydrogens is 230 g/mol. The molecule has 1 N–H and O–H groups in total. The van der Waals surface area contributed by atoms with Crippen LogP contribution in [-0.4, -0.2) is 35.6 Å². The number of hydrogen-bond donors (Lipinski definition) is 1. The molecule has 0 atom stereocenters. The van der Waals surface area contributed by atoms with E-state index in [9.17, 15) is 0 Å². The maximum absolute atomic E-state index is 4.57. The molecule has 1 saturated heterocycles. The van der Waals surface area contributed by atoms with Gasteiger partial charge in [0.25, 0.3) is 0 Å². The SMILES string of the molecule is CCCN1CCC(Nc2nc(CC)cs2)CC1. The van der Waals surface area contributed by atoms with Crippen LogP contribution < -0.4 is 5.32 Å². The molecule has 0 radical (unpaired) electrons. The summed E-state index contributed by atoms with van der Waals surface area (Å²) in [6.45, 7) is 8.13. The van der Waals surface area contributed by atoms with Gasteiger partial charge in [-0.1, -0.05) is 13.8 Å². The van der Waals surface area contributed by atoms with Crippen molar-refractivity contribution in [3.05, 3.63) is 11.1 Å². The van der Waals surface area contributed by atoms with Crippen LogP contribution in [0.1, 0.15) is 38.8 Å². The minimum atomic E-state index is 0.624. The highest BCUT2D eigenvalue weighted by atomic mass is 32.1. The Morgan fingerprint density at radius 2 is 2.18 bits per heavy atom. The van der Waals surface area contributed by atoms with Crippen molar-refractivity contribution in [1.82, 2.24) is 9.88 Å². The number of piperidine rings is 1. The number of aryl methyl sites for hydroxylation is 1. The Morgan fingerprint density at radius 1 is 1.41 bits per heavy atom. The van der Waals surface area contributed by atoms with Gasteiger partial charge in [-0.25, -0.2) is 4.98 Å². The molecule has 4 heteroatoms. The largest absolute Gasteiger partial charge is 0.359 e. The standard InChI is InChI=1S/C13H23N3S/c1-3-7-16-8-5-12(6-9-16)15-13-14-11(4-2)10-17-13/h10,12H,3-9H2,1-2H3,(H,14,15). The lowest BCUT2D eigenvalue weighted by atomic mass is 10.1. The van der Waals surface area contributed by atoms with Crippen LogP contribution >= 0.6 is 11.3 Å². The van der Waals surface area contributed by atoms with Crippen molar-refractivity contribution in [3.63, 3.8) is 0 Å². The van der Waals surface area contributed by atoms with Crippen LogP contribution in [-0.2, 0) is 6.42 Å². The number of aromatic nitrogens is 1. The lowest BCUT2D eigenvalue weighted by Gasteiger charge is -2.31. The Hall–Kier alpha value is -0.610. The van der Waals surface area contributed by atoms with Crippen LogP contribution in [0, 0.1) is 0 Å². The molecule has 1 aromatic rings. The second-order valence-electron chi connectivity index (χ2n) is 4.76. The molecule has 2 rings (SSSR count). The van der Waals surface area contributed by atoms with E-state index >= 15 is 0 Å². The summed E-state index contributed by atoms with van der Waals surface area (Å²) in [6, 6.07) is 0.624. The Bertz CT molecular complexity index is 329. The van der Waals surface area contributed by atoms with E-state index in [4.69, 9.17) is 0 Å². The van der Waals surface area contributed by atoms with Gasteiger partial charge >= 0.3 is 0 Å². The fourth-order valence-corrected chi connectivity index (χ4v) is 3.20. The summed E-state index contributed by atoms with van der Waals surface area (Å²) in [7, 11) is 0. The smallest absolute Gasteiger partial charge is 0.183 e. The maximum Gasteiger partial charge on any atom is 0.183 e. The molecule has 0 aliphatic carbocycles. The van der Waals surface area contributed by atoms with Crippen molar-refractivity contribution in [2.75, 3.05) is 25.0 Å².